The Morgan fingerprint density at radius 2 is 1.81 bits per heavy atom. The van der Waals surface area contributed by atoms with E-state index in [1.54, 1.807) is 40.9 Å². The number of benzene rings is 2. The second kappa shape index (κ2) is 6.81. The minimum Gasteiger partial charge on any atom is -0.291 e. The maximum atomic E-state index is 13.7. The van der Waals surface area contributed by atoms with E-state index < -0.39 is 21.6 Å². The highest BCUT2D eigenvalue weighted by atomic mass is 32.2. The molecule has 0 aliphatic rings. The molecule has 0 spiro atoms. The lowest BCUT2D eigenvalue weighted by Gasteiger charge is -2.09. The molecule has 27 heavy (non-hydrogen) atoms. The van der Waals surface area contributed by atoms with Crippen LogP contribution in [0.2, 0.25) is 0 Å². The van der Waals surface area contributed by atoms with Crippen LogP contribution < -0.4 is 4.72 Å². The minimum absolute atomic E-state index is 0.124. The van der Waals surface area contributed by atoms with E-state index in [9.17, 15) is 12.8 Å². The number of rotatable bonds is 5. The summed E-state index contributed by atoms with van der Waals surface area (Å²) in [6.07, 6.45) is 5.36. The summed E-state index contributed by atoms with van der Waals surface area (Å²) in [5.74, 6) is -0.389. The molecule has 1 N–H and O–H groups in total. The van der Waals surface area contributed by atoms with Gasteiger partial charge in [-0.15, -0.1) is 0 Å². The molecule has 0 saturated heterocycles. The first-order valence-electron chi connectivity index (χ1n) is 8.14. The topological polar surface area (TPSA) is 76.4 Å². The van der Waals surface area contributed by atoms with Gasteiger partial charge in [0.05, 0.1) is 11.4 Å². The SMILES string of the molecule is O=S(=O)(Cc1ccccc1F)Nc1ccc(-c2cn3cccnc3n2)cc1. The van der Waals surface area contributed by atoms with Crippen LogP contribution in [0.15, 0.2) is 73.2 Å². The number of nitrogens with zero attached hydrogens (tertiary/aromatic N) is 3. The van der Waals surface area contributed by atoms with Gasteiger partial charge in [0.1, 0.15) is 5.82 Å². The van der Waals surface area contributed by atoms with Crippen LogP contribution in [-0.2, 0) is 15.8 Å². The summed E-state index contributed by atoms with van der Waals surface area (Å²) < 4.78 is 42.5. The number of halogens is 1. The van der Waals surface area contributed by atoms with E-state index in [2.05, 4.69) is 14.7 Å². The minimum atomic E-state index is -3.73. The predicted molar refractivity (Wildman–Crippen MR) is 101 cm³/mol. The van der Waals surface area contributed by atoms with Gasteiger partial charge in [-0.2, -0.15) is 0 Å². The Hall–Kier alpha value is -3.26. The second-order valence-electron chi connectivity index (χ2n) is 5.98. The third-order valence-corrected chi connectivity index (χ3v) is 5.23. The molecule has 0 atom stereocenters. The molecule has 0 saturated carbocycles. The molecular formula is C19H15FN4O2S. The lowest BCUT2D eigenvalue weighted by Crippen LogP contribution is -2.15. The molecule has 2 heterocycles. The van der Waals surface area contributed by atoms with Crippen LogP contribution in [0.25, 0.3) is 17.0 Å². The largest absolute Gasteiger partial charge is 0.291 e. The first-order valence-corrected chi connectivity index (χ1v) is 9.79. The first kappa shape index (κ1) is 17.2. The number of imidazole rings is 1. The Kier molecular flexibility index (Phi) is 4.33. The number of fused-ring (bicyclic) bond motifs is 1. The molecule has 0 unspecified atom stereocenters. The monoisotopic (exact) mass is 382 g/mol. The molecule has 2 aromatic heterocycles. The fourth-order valence-corrected chi connectivity index (χ4v) is 3.92. The van der Waals surface area contributed by atoms with Gasteiger partial charge in [0, 0.05) is 35.4 Å². The van der Waals surface area contributed by atoms with E-state index in [1.165, 1.54) is 18.2 Å². The normalized spacial score (nSPS) is 11.6. The Morgan fingerprint density at radius 1 is 1.04 bits per heavy atom. The number of aromatic nitrogens is 3. The van der Waals surface area contributed by atoms with E-state index in [1.807, 2.05) is 18.5 Å². The van der Waals surface area contributed by atoms with Crippen LogP contribution in [0.4, 0.5) is 10.1 Å². The Labute approximate surface area is 155 Å². The second-order valence-corrected chi connectivity index (χ2v) is 7.71. The van der Waals surface area contributed by atoms with E-state index in [-0.39, 0.29) is 5.56 Å². The number of hydrogen-bond donors (Lipinski definition) is 1. The molecule has 0 aliphatic heterocycles. The predicted octanol–water partition coefficient (Wildman–Crippen LogP) is 3.48. The van der Waals surface area contributed by atoms with Crippen LogP contribution >= 0.6 is 0 Å². The van der Waals surface area contributed by atoms with Crippen LogP contribution in [0.3, 0.4) is 0 Å². The number of hydrogen-bond acceptors (Lipinski definition) is 4. The summed E-state index contributed by atoms with van der Waals surface area (Å²) >= 11 is 0. The average Bonchev–Trinajstić information content (AvgIpc) is 3.08. The zero-order chi connectivity index (χ0) is 18.9. The summed E-state index contributed by atoms with van der Waals surface area (Å²) in [4.78, 5) is 8.59. The van der Waals surface area contributed by atoms with Gasteiger partial charge in [-0.3, -0.25) is 9.12 Å². The van der Waals surface area contributed by atoms with Crippen molar-refractivity contribution in [2.75, 3.05) is 4.72 Å². The zero-order valence-electron chi connectivity index (χ0n) is 14.1. The highest BCUT2D eigenvalue weighted by Crippen LogP contribution is 2.22. The van der Waals surface area contributed by atoms with Crippen molar-refractivity contribution in [1.82, 2.24) is 14.4 Å². The summed E-state index contributed by atoms with van der Waals surface area (Å²) in [7, 11) is -3.73. The number of nitrogens with one attached hydrogen (secondary N) is 1. The lowest BCUT2D eigenvalue weighted by atomic mass is 10.1. The van der Waals surface area contributed by atoms with Crippen molar-refractivity contribution in [3.05, 3.63) is 84.6 Å². The average molecular weight is 382 g/mol. The van der Waals surface area contributed by atoms with Crippen molar-refractivity contribution in [1.29, 1.82) is 0 Å². The fraction of sp³-hybridized carbons (Fsp3) is 0.0526. The van der Waals surface area contributed by atoms with E-state index in [0.29, 0.717) is 11.5 Å². The lowest BCUT2D eigenvalue weighted by molar-refractivity contribution is 0.591. The van der Waals surface area contributed by atoms with Crippen molar-refractivity contribution in [3.63, 3.8) is 0 Å². The molecule has 0 bridgehead atoms. The highest BCUT2D eigenvalue weighted by Gasteiger charge is 2.15. The van der Waals surface area contributed by atoms with Gasteiger partial charge in [0.2, 0.25) is 15.8 Å². The Balaban J connectivity index is 1.52. The third kappa shape index (κ3) is 3.80. The van der Waals surface area contributed by atoms with Crippen molar-refractivity contribution in [2.45, 2.75) is 5.75 Å². The quantitative estimate of drug-likeness (QED) is 0.573. The molecule has 4 rings (SSSR count). The van der Waals surface area contributed by atoms with Gasteiger partial charge in [-0.1, -0.05) is 30.3 Å². The summed E-state index contributed by atoms with van der Waals surface area (Å²) in [5.41, 5.74) is 2.09. The van der Waals surface area contributed by atoms with Gasteiger partial charge < -0.3 is 0 Å². The van der Waals surface area contributed by atoms with Gasteiger partial charge in [-0.25, -0.2) is 22.8 Å². The van der Waals surface area contributed by atoms with Gasteiger partial charge in [0.25, 0.3) is 0 Å². The van der Waals surface area contributed by atoms with Crippen molar-refractivity contribution in [3.8, 4) is 11.3 Å². The van der Waals surface area contributed by atoms with Gasteiger partial charge >= 0.3 is 0 Å². The highest BCUT2D eigenvalue weighted by molar-refractivity contribution is 7.91. The maximum Gasteiger partial charge on any atom is 0.237 e. The Morgan fingerprint density at radius 3 is 2.56 bits per heavy atom. The van der Waals surface area contributed by atoms with E-state index >= 15 is 0 Å². The zero-order valence-corrected chi connectivity index (χ0v) is 14.9. The van der Waals surface area contributed by atoms with E-state index in [4.69, 9.17) is 0 Å². The Bertz CT molecular complexity index is 1170. The number of anilines is 1. The van der Waals surface area contributed by atoms with Crippen LogP contribution in [-0.4, -0.2) is 22.8 Å². The molecule has 4 aromatic rings. The molecule has 0 fully saturated rings. The summed E-state index contributed by atoms with van der Waals surface area (Å²) in [6, 6.07) is 14.5. The standard InChI is InChI=1S/C19H15FN4O2S/c20-17-5-2-1-4-15(17)13-27(25,26)23-16-8-6-14(7-9-16)18-12-24-11-3-10-21-19(24)22-18/h1-12,23H,13H2. The summed E-state index contributed by atoms with van der Waals surface area (Å²) in [5, 5.41) is 0. The summed E-state index contributed by atoms with van der Waals surface area (Å²) in [6.45, 7) is 0. The molecule has 0 aliphatic carbocycles. The third-order valence-electron chi connectivity index (χ3n) is 3.99. The fourth-order valence-electron chi connectivity index (χ4n) is 2.71. The molecule has 8 heteroatoms. The van der Waals surface area contributed by atoms with Crippen molar-refractivity contribution >= 4 is 21.5 Å². The van der Waals surface area contributed by atoms with Crippen LogP contribution in [0.1, 0.15) is 5.56 Å². The molecule has 136 valence electrons. The molecular weight excluding hydrogens is 367 g/mol. The van der Waals surface area contributed by atoms with Crippen LogP contribution in [0.5, 0.6) is 0 Å². The smallest absolute Gasteiger partial charge is 0.237 e. The first-order chi connectivity index (χ1) is 13.0. The number of sulfonamides is 1. The van der Waals surface area contributed by atoms with Crippen molar-refractivity contribution in [2.24, 2.45) is 0 Å². The van der Waals surface area contributed by atoms with Crippen molar-refractivity contribution < 1.29 is 12.8 Å². The molecule has 2 aromatic carbocycles. The van der Waals surface area contributed by atoms with E-state index in [0.717, 1.165) is 11.3 Å². The maximum absolute atomic E-state index is 13.7. The molecule has 6 nitrogen and oxygen atoms in total. The van der Waals surface area contributed by atoms with Crippen LogP contribution in [0, 0.1) is 5.82 Å². The molecule has 0 radical (unpaired) electrons. The van der Waals surface area contributed by atoms with Gasteiger partial charge in [-0.05, 0) is 24.3 Å². The molecule has 0 amide bonds. The van der Waals surface area contributed by atoms with Gasteiger partial charge in [0.15, 0.2) is 0 Å².